The van der Waals surface area contributed by atoms with E-state index >= 15 is 0 Å². The second-order valence-electron chi connectivity index (χ2n) is 13.7. The van der Waals surface area contributed by atoms with E-state index in [2.05, 4.69) is 26.3 Å². The number of benzene rings is 2. The average Bonchev–Trinajstić information content (AvgIpc) is 3.77. The maximum Gasteiger partial charge on any atom is 0.408 e. The van der Waals surface area contributed by atoms with Crippen LogP contribution in [0.15, 0.2) is 54.9 Å². The second-order valence-corrected chi connectivity index (χ2v) is 14.9. The predicted octanol–water partition coefficient (Wildman–Crippen LogP) is 7.24. The summed E-state index contributed by atoms with van der Waals surface area (Å²) in [4.78, 5) is 22.3. The second kappa shape index (κ2) is 16.1. The molecule has 5 aromatic rings. The maximum absolute atomic E-state index is 13.0. The van der Waals surface area contributed by atoms with Crippen molar-refractivity contribution in [3.05, 3.63) is 82.4 Å². The maximum atomic E-state index is 13.0. The number of hydrogen-bond acceptors (Lipinski definition) is 10. The molecule has 3 aromatic heterocycles. The molecule has 1 atom stereocenters. The quantitative estimate of drug-likeness (QED) is 0.117. The Kier molecular flexibility index (Phi) is 11.3. The van der Waals surface area contributed by atoms with Gasteiger partial charge in [0.1, 0.15) is 31.3 Å². The molecule has 54 heavy (non-hydrogen) atoms. The molecular formula is C38H40ClF3N6O5S. The van der Waals surface area contributed by atoms with Crippen molar-refractivity contribution in [3.8, 4) is 28.5 Å². The molecule has 16 heteroatoms. The molecular weight excluding hydrogens is 745 g/mol. The topological polar surface area (TPSA) is 115 Å². The van der Waals surface area contributed by atoms with Gasteiger partial charge in [-0.2, -0.15) is 22.6 Å². The number of nitrogens with zero attached hydrogens (tertiary/aromatic N) is 6. The van der Waals surface area contributed by atoms with Crippen molar-refractivity contribution in [1.29, 1.82) is 0 Å². The van der Waals surface area contributed by atoms with Crippen LogP contribution in [0.5, 0.6) is 17.4 Å². The summed E-state index contributed by atoms with van der Waals surface area (Å²) < 4.78 is 63.6. The van der Waals surface area contributed by atoms with Crippen LogP contribution in [0, 0.1) is 6.92 Å². The number of alkyl halides is 3. The van der Waals surface area contributed by atoms with Crippen LogP contribution in [-0.4, -0.2) is 98.7 Å². The van der Waals surface area contributed by atoms with Gasteiger partial charge in [-0.1, -0.05) is 35.9 Å². The number of aliphatic carboxylic acids is 1. The molecule has 1 aliphatic heterocycles. The van der Waals surface area contributed by atoms with Gasteiger partial charge < -0.3 is 24.2 Å². The summed E-state index contributed by atoms with van der Waals surface area (Å²) in [5.74, 6) is 0.0919. The van der Waals surface area contributed by atoms with Crippen molar-refractivity contribution in [1.82, 2.24) is 28.9 Å². The number of fused-ring (bicyclic) bond motifs is 1. The summed E-state index contributed by atoms with van der Waals surface area (Å²) in [7, 11) is 2.13. The third-order valence-corrected chi connectivity index (χ3v) is 11.0. The number of likely N-dealkylation sites (N-methyl/N-ethyl adjacent to an activating group) is 1. The molecule has 0 amide bonds. The zero-order chi connectivity index (χ0) is 38.0. The number of halogens is 4. The number of carboxylic acids is 1. The number of para-hydroxylation sites is 1. The summed E-state index contributed by atoms with van der Waals surface area (Å²) in [6.45, 7) is 5.84. The minimum atomic E-state index is -4.45. The van der Waals surface area contributed by atoms with E-state index in [0.29, 0.717) is 34.1 Å². The van der Waals surface area contributed by atoms with Gasteiger partial charge in [-0.05, 0) is 73.2 Å². The number of carbonyl (C=O) groups is 1. The van der Waals surface area contributed by atoms with Gasteiger partial charge in [-0.25, -0.2) is 4.79 Å². The molecule has 0 radical (unpaired) electrons. The first-order valence-corrected chi connectivity index (χ1v) is 18.9. The SMILES string of the molecule is Cc1c(-c2c(C3CC3)ncc3snc(OC(Cc4ccccc4OCc4ccnn4CC(F)(F)F)C(=O)O)c23)ccc(OCCN2CCN(C)CC2)c1Cl. The van der Waals surface area contributed by atoms with E-state index in [0.717, 1.165) is 77.3 Å². The normalized spacial score (nSPS) is 16.1. The van der Waals surface area contributed by atoms with Gasteiger partial charge in [0.25, 0.3) is 0 Å². The molecule has 11 nitrogen and oxygen atoms in total. The zero-order valence-electron chi connectivity index (χ0n) is 29.8. The predicted molar refractivity (Wildman–Crippen MR) is 199 cm³/mol. The number of pyridine rings is 1. The minimum Gasteiger partial charge on any atom is -0.491 e. The average molecular weight is 785 g/mol. The molecule has 1 unspecified atom stereocenters. The summed E-state index contributed by atoms with van der Waals surface area (Å²) in [6, 6.07) is 12.0. The number of ether oxygens (including phenoxy) is 3. The van der Waals surface area contributed by atoms with E-state index in [-0.39, 0.29) is 30.5 Å². The van der Waals surface area contributed by atoms with Crippen molar-refractivity contribution in [2.45, 2.75) is 57.5 Å². The van der Waals surface area contributed by atoms with Crippen LogP contribution in [0.25, 0.3) is 21.2 Å². The standard InChI is InChI=1S/C38H40ClF3N6O5S/c1-23-27(9-10-29(34(23)39)51-18-17-47-15-13-46(2)14-16-47)32-33-31(20-43-35(32)24-7-8-24)54-45-36(33)53-30(37(49)50)19-25-5-3-4-6-28(25)52-21-26-11-12-44-48(26)22-38(40,41)42/h3-6,9-12,20,24,30H,7-8,13-19,21-22H2,1-2H3,(H,49,50). The van der Waals surface area contributed by atoms with Crippen LogP contribution >= 0.6 is 23.1 Å². The lowest BCUT2D eigenvalue weighted by Gasteiger charge is -2.32. The lowest BCUT2D eigenvalue weighted by molar-refractivity contribution is -0.145. The molecule has 2 fully saturated rings. The molecule has 286 valence electrons. The fraction of sp³-hybridized carbons (Fsp3) is 0.421. The van der Waals surface area contributed by atoms with Gasteiger partial charge in [-0.15, -0.1) is 0 Å². The Labute approximate surface area is 319 Å². The molecule has 1 N–H and O–H groups in total. The highest BCUT2D eigenvalue weighted by Gasteiger charge is 2.33. The Morgan fingerprint density at radius 1 is 1.07 bits per heavy atom. The van der Waals surface area contributed by atoms with E-state index in [1.54, 1.807) is 30.5 Å². The van der Waals surface area contributed by atoms with Crippen LogP contribution < -0.4 is 14.2 Å². The molecule has 1 aliphatic carbocycles. The number of carboxylic acid groups (broad SMARTS) is 1. The molecule has 7 rings (SSSR count). The van der Waals surface area contributed by atoms with Gasteiger partial charge in [0, 0.05) is 63.0 Å². The number of piperazine rings is 1. The number of aromatic nitrogens is 4. The smallest absolute Gasteiger partial charge is 0.408 e. The summed E-state index contributed by atoms with van der Waals surface area (Å²) >= 11 is 8.14. The van der Waals surface area contributed by atoms with Crippen LogP contribution in [0.4, 0.5) is 13.2 Å². The third-order valence-electron chi connectivity index (χ3n) is 9.78. The summed E-state index contributed by atoms with van der Waals surface area (Å²) in [5.41, 5.74) is 4.05. The minimum absolute atomic E-state index is 0.104. The van der Waals surface area contributed by atoms with Crippen molar-refractivity contribution in [2.24, 2.45) is 0 Å². The van der Waals surface area contributed by atoms with Gasteiger partial charge >= 0.3 is 12.1 Å². The molecule has 0 bridgehead atoms. The van der Waals surface area contributed by atoms with Crippen molar-refractivity contribution < 1.29 is 37.3 Å². The van der Waals surface area contributed by atoms with Crippen molar-refractivity contribution >= 4 is 39.2 Å². The zero-order valence-corrected chi connectivity index (χ0v) is 31.4. The van der Waals surface area contributed by atoms with Gasteiger partial charge in [0.2, 0.25) is 12.0 Å². The molecule has 1 saturated heterocycles. The van der Waals surface area contributed by atoms with Crippen LogP contribution in [-0.2, 0) is 24.4 Å². The van der Waals surface area contributed by atoms with Gasteiger partial charge in [-0.3, -0.25) is 14.6 Å². The van der Waals surface area contributed by atoms with Crippen LogP contribution in [0.2, 0.25) is 5.02 Å². The first-order chi connectivity index (χ1) is 25.9. The first kappa shape index (κ1) is 37.9. The van der Waals surface area contributed by atoms with Gasteiger partial charge in [0.05, 0.1) is 26.5 Å². The molecule has 2 aliphatic rings. The van der Waals surface area contributed by atoms with Crippen LogP contribution in [0.3, 0.4) is 0 Å². The lowest BCUT2D eigenvalue weighted by atomic mass is 9.94. The summed E-state index contributed by atoms with van der Waals surface area (Å²) in [6.07, 6.45) is -0.945. The fourth-order valence-corrected chi connectivity index (χ4v) is 7.53. The lowest BCUT2D eigenvalue weighted by Crippen LogP contribution is -2.45. The Hall–Kier alpha value is -4.44. The van der Waals surface area contributed by atoms with Crippen molar-refractivity contribution in [3.63, 3.8) is 0 Å². The number of rotatable bonds is 15. The molecule has 2 aromatic carbocycles. The van der Waals surface area contributed by atoms with Crippen molar-refractivity contribution in [2.75, 3.05) is 46.4 Å². The summed E-state index contributed by atoms with van der Waals surface area (Å²) in [5, 5.41) is 15.3. The Morgan fingerprint density at radius 2 is 1.85 bits per heavy atom. The van der Waals surface area contributed by atoms with E-state index < -0.39 is 24.8 Å². The van der Waals surface area contributed by atoms with Gasteiger partial charge in [0.15, 0.2) is 0 Å². The first-order valence-electron chi connectivity index (χ1n) is 17.7. The molecule has 0 spiro atoms. The molecule has 1 saturated carbocycles. The monoisotopic (exact) mass is 784 g/mol. The van der Waals surface area contributed by atoms with E-state index in [4.69, 9.17) is 30.8 Å². The van der Waals surface area contributed by atoms with E-state index in [1.807, 2.05) is 19.1 Å². The third kappa shape index (κ3) is 8.75. The number of hydrogen-bond donors (Lipinski definition) is 1. The highest BCUT2D eigenvalue weighted by atomic mass is 35.5. The molecule has 4 heterocycles. The Bertz CT molecular complexity index is 2110. The van der Waals surface area contributed by atoms with Crippen LogP contribution in [0.1, 0.15) is 41.3 Å². The largest absolute Gasteiger partial charge is 0.491 e. The van der Waals surface area contributed by atoms with E-state index in [9.17, 15) is 23.1 Å². The fourth-order valence-electron chi connectivity index (χ4n) is 6.62. The highest BCUT2D eigenvalue weighted by Crippen LogP contribution is 2.50. The Balaban J connectivity index is 1.13. The Morgan fingerprint density at radius 3 is 2.59 bits per heavy atom. The highest BCUT2D eigenvalue weighted by molar-refractivity contribution is 7.13. The van der Waals surface area contributed by atoms with E-state index in [1.165, 1.54) is 23.8 Å².